The van der Waals surface area contributed by atoms with Crippen LogP contribution in [0.4, 0.5) is 0 Å². The number of nitrogens with two attached hydrogens (primary N) is 1. The lowest BCUT2D eigenvalue weighted by Crippen LogP contribution is -2.40. The lowest BCUT2D eigenvalue weighted by Gasteiger charge is -2.39. The summed E-state index contributed by atoms with van der Waals surface area (Å²) in [4.78, 5) is 0. The molecule has 0 spiro atoms. The highest BCUT2D eigenvalue weighted by Crippen LogP contribution is 2.40. The van der Waals surface area contributed by atoms with E-state index in [1.807, 2.05) is 18.2 Å². The topological polar surface area (TPSA) is 26.0 Å². The number of benzene rings is 2. The van der Waals surface area contributed by atoms with E-state index in [0.29, 0.717) is 6.54 Å². The van der Waals surface area contributed by atoms with Gasteiger partial charge in [-0.25, -0.2) is 0 Å². The number of aryl methyl sites for hydroxylation is 1. The molecule has 21 heavy (non-hydrogen) atoms. The molecule has 110 valence electrons. The predicted octanol–water partition coefficient (Wildman–Crippen LogP) is 4.77. The maximum Gasteiger partial charge on any atom is 0.0439 e. The lowest BCUT2D eigenvalue weighted by atomic mass is 9.67. The summed E-state index contributed by atoms with van der Waals surface area (Å²) in [6, 6.07) is 14.3. The summed E-state index contributed by atoms with van der Waals surface area (Å²) < 4.78 is 0. The molecular formula is C18H19Cl2N. The van der Waals surface area contributed by atoms with Crippen LogP contribution in [-0.4, -0.2) is 6.54 Å². The molecule has 0 radical (unpaired) electrons. The van der Waals surface area contributed by atoms with Crippen LogP contribution >= 0.6 is 23.2 Å². The number of halogens is 2. The average Bonchev–Trinajstić information content (AvgIpc) is 2.51. The van der Waals surface area contributed by atoms with Crippen molar-refractivity contribution in [2.45, 2.75) is 31.1 Å². The average molecular weight is 320 g/mol. The van der Waals surface area contributed by atoms with Gasteiger partial charge in [0.2, 0.25) is 0 Å². The van der Waals surface area contributed by atoms with E-state index < -0.39 is 0 Å². The fourth-order valence-corrected chi connectivity index (χ4v) is 3.90. The number of hydrogen-bond acceptors (Lipinski definition) is 1. The van der Waals surface area contributed by atoms with Gasteiger partial charge in [-0.15, -0.1) is 0 Å². The Morgan fingerprint density at radius 1 is 1.10 bits per heavy atom. The summed E-state index contributed by atoms with van der Waals surface area (Å²) in [5, 5.41) is 1.50. The fraction of sp³-hybridized carbons (Fsp3) is 0.333. The van der Waals surface area contributed by atoms with Gasteiger partial charge in [0.25, 0.3) is 0 Å². The molecule has 2 aromatic carbocycles. The van der Waals surface area contributed by atoms with Crippen LogP contribution in [0, 0.1) is 0 Å². The first-order valence-corrected chi connectivity index (χ1v) is 8.13. The Morgan fingerprint density at radius 3 is 2.71 bits per heavy atom. The minimum atomic E-state index is -0.0246. The van der Waals surface area contributed by atoms with Crippen molar-refractivity contribution in [1.82, 2.24) is 0 Å². The van der Waals surface area contributed by atoms with E-state index in [-0.39, 0.29) is 5.41 Å². The van der Waals surface area contributed by atoms with Gasteiger partial charge in [0.1, 0.15) is 0 Å². The maximum atomic E-state index is 6.36. The van der Waals surface area contributed by atoms with Crippen molar-refractivity contribution >= 4 is 23.2 Å². The van der Waals surface area contributed by atoms with Gasteiger partial charge in [0, 0.05) is 22.0 Å². The summed E-state index contributed by atoms with van der Waals surface area (Å²) in [6.07, 6.45) is 4.26. The minimum absolute atomic E-state index is 0.0246. The Bertz CT molecular complexity index is 653. The molecule has 1 atom stereocenters. The monoisotopic (exact) mass is 319 g/mol. The van der Waals surface area contributed by atoms with Crippen molar-refractivity contribution in [2.24, 2.45) is 5.73 Å². The summed E-state index contributed by atoms with van der Waals surface area (Å²) in [7, 11) is 0. The van der Waals surface area contributed by atoms with Crippen LogP contribution in [0.5, 0.6) is 0 Å². The predicted molar refractivity (Wildman–Crippen MR) is 90.3 cm³/mol. The first-order chi connectivity index (χ1) is 10.1. The Kier molecular flexibility index (Phi) is 4.26. The summed E-state index contributed by atoms with van der Waals surface area (Å²) in [5.41, 5.74) is 10.1. The maximum absolute atomic E-state index is 6.36. The minimum Gasteiger partial charge on any atom is -0.330 e. The molecule has 3 heteroatoms. The van der Waals surface area contributed by atoms with Gasteiger partial charge in [-0.2, -0.15) is 0 Å². The van der Waals surface area contributed by atoms with Crippen molar-refractivity contribution in [2.75, 3.05) is 6.54 Å². The van der Waals surface area contributed by atoms with Crippen molar-refractivity contribution in [3.8, 4) is 0 Å². The zero-order chi connectivity index (χ0) is 14.9. The fourth-order valence-electron chi connectivity index (χ4n) is 3.52. The van der Waals surface area contributed by atoms with Crippen LogP contribution in [0.3, 0.4) is 0 Å². The van der Waals surface area contributed by atoms with Crippen molar-refractivity contribution in [3.63, 3.8) is 0 Å². The first kappa shape index (κ1) is 14.9. The third-order valence-electron chi connectivity index (χ3n) is 4.62. The molecule has 0 fully saturated rings. The van der Waals surface area contributed by atoms with Crippen molar-refractivity contribution < 1.29 is 0 Å². The van der Waals surface area contributed by atoms with E-state index in [2.05, 4.69) is 24.3 Å². The smallest absolute Gasteiger partial charge is 0.0439 e. The van der Waals surface area contributed by atoms with Crippen molar-refractivity contribution in [3.05, 3.63) is 69.2 Å². The molecular weight excluding hydrogens is 301 g/mol. The van der Waals surface area contributed by atoms with E-state index in [0.717, 1.165) is 34.9 Å². The van der Waals surface area contributed by atoms with Gasteiger partial charge in [0.05, 0.1) is 0 Å². The number of fused-ring (bicyclic) bond motifs is 1. The third-order valence-corrected chi connectivity index (χ3v) is 5.22. The molecule has 1 aliphatic rings. The van der Waals surface area contributed by atoms with Gasteiger partial charge in [-0.05, 0) is 60.6 Å². The largest absolute Gasteiger partial charge is 0.330 e. The Balaban J connectivity index is 2.04. The molecule has 1 unspecified atom stereocenters. The zero-order valence-electron chi connectivity index (χ0n) is 11.9. The van der Waals surface area contributed by atoms with Gasteiger partial charge in [0.15, 0.2) is 0 Å². The highest BCUT2D eigenvalue weighted by Gasteiger charge is 2.35. The van der Waals surface area contributed by atoms with E-state index in [1.165, 1.54) is 17.5 Å². The van der Waals surface area contributed by atoms with Crippen LogP contribution in [-0.2, 0) is 18.3 Å². The summed E-state index contributed by atoms with van der Waals surface area (Å²) in [6.45, 7) is 0.632. The standard InChI is InChI=1S/C18H19Cl2N/c19-15-7-8-17(20)14(10-15)11-18(12-21)9-3-5-13-4-1-2-6-16(13)18/h1-2,4,6-8,10H,3,5,9,11-12,21H2. The van der Waals surface area contributed by atoms with Crippen LogP contribution in [0.15, 0.2) is 42.5 Å². The quantitative estimate of drug-likeness (QED) is 0.866. The first-order valence-electron chi connectivity index (χ1n) is 7.37. The molecule has 0 heterocycles. The lowest BCUT2D eigenvalue weighted by molar-refractivity contribution is 0.366. The molecule has 0 aliphatic heterocycles. The normalized spacial score (nSPS) is 21.1. The molecule has 0 aromatic heterocycles. The van der Waals surface area contributed by atoms with Crippen LogP contribution in [0.1, 0.15) is 29.5 Å². The Morgan fingerprint density at radius 2 is 1.90 bits per heavy atom. The van der Waals surface area contributed by atoms with E-state index >= 15 is 0 Å². The molecule has 0 saturated heterocycles. The molecule has 0 saturated carbocycles. The van der Waals surface area contributed by atoms with Gasteiger partial charge < -0.3 is 5.73 Å². The van der Waals surface area contributed by atoms with Crippen molar-refractivity contribution in [1.29, 1.82) is 0 Å². The molecule has 2 N–H and O–H groups in total. The second-order valence-electron chi connectivity index (χ2n) is 5.91. The molecule has 1 nitrogen and oxygen atoms in total. The van der Waals surface area contributed by atoms with Gasteiger partial charge >= 0.3 is 0 Å². The van der Waals surface area contributed by atoms with Crippen LogP contribution < -0.4 is 5.73 Å². The highest BCUT2D eigenvalue weighted by atomic mass is 35.5. The molecule has 0 bridgehead atoms. The highest BCUT2D eigenvalue weighted by molar-refractivity contribution is 6.33. The second-order valence-corrected chi connectivity index (χ2v) is 6.75. The van der Waals surface area contributed by atoms with E-state index in [9.17, 15) is 0 Å². The zero-order valence-corrected chi connectivity index (χ0v) is 13.4. The molecule has 1 aliphatic carbocycles. The van der Waals surface area contributed by atoms with E-state index in [4.69, 9.17) is 28.9 Å². The number of rotatable bonds is 3. The molecule has 0 amide bonds. The molecule has 2 aromatic rings. The summed E-state index contributed by atoms with van der Waals surface area (Å²) in [5.74, 6) is 0. The summed E-state index contributed by atoms with van der Waals surface area (Å²) >= 11 is 12.5. The van der Waals surface area contributed by atoms with Crippen LogP contribution in [0.2, 0.25) is 10.0 Å². The Labute approximate surface area is 136 Å². The molecule has 3 rings (SSSR count). The second kappa shape index (κ2) is 6.00. The van der Waals surface area contributed by atoms with E-state index in [1.54, 1.807) is 0 Å². The third kappa shape index (κ3) is 2.83. The SMILES string of the molecule is NCC1(Cc2cc(Cl)ccc2Cl)CCCc2ccccc21. The van der Waals surface area contributed by atoms with Gasteiger partial charge in [-0.3, -0.25) is 0 Å². The van der Waals surface area contributed by atoms with Crippen LogP contribution in [0.25, 0.3) is 0 Å². The number of hydrogen-bond donors (Lipinski definition) is 1. The van der Waals surface area contributed by atoms with Gasteiger partial charge in [-0.1, -0.05) is 47.5 Å². The Hall–Kier alpha value is -1.02.